The third-order valence-corrected chi connectivity index (χ3v) is 3.06. The Labute approximate surface area is 102 Å². The van der Waals surface area contributed by atoms with Crippen LogP contribution in [0.2, 0.25) is 5.15 Å². The number of hydrogen-bond acceptors (Lipinski definition) is 3. The van der Waals surface area contributed by atoms with Crippen molar-refractivity contribution in [2.45, 2.75) is 13.1 Å². The fourth-order valence-corrected chi connectivity index (χ4v) is 2.18. The summed E-state index contributed by atoms with van der Waals surface area (Å²) >= 11 is 5.80. The van der Waals surface area contributed by atoms with Crippen molar-refractivity contribution in [2.75, 3.05) is 6.54 Å². The van der Waals surface area contributed by atoms with Crippen LogP contribution in [0.15, 0.2) is 18.5 Å². The number of pyridine rings is 1. The Bertz CT molecular complexity index is 567. The van der Waals surface area contributed by atoms with E-state index in [4.69, 9.17) is 11.6 Å². The molecule has 4 nitrogen and oxygen atoms in total. The summed E-state index contributed by atoms with van der Waals surface area (Å²) in [5.74, 6) is -0.379. The lowest BCUT2D eigenvalue weighted by Gasteiger charge is -2.16. The van der Waals surface area contributed by atoms with Gasteiger partial charge >= 0.3 is 0 Å². The number of hydrogen-bond donors (Lipinski definition) is 1. The largest absolute Gasteiger partial charge is 0.309 e. The van der Waals surface area contributed by atoms with Crippen molar-refractivity contribution in [3.8, 4) is 11.1 Å². The lowest BCUT2D eigenvalue weighted by Crippen LogP contribution is -2.28. The maximum Gasteiger partial charge on any atom is 0.149 e. The van der Waals surface area contributed by atoms with Crippen LogP contribution >= 0.6 is 11.6 Å². The number of fused-ring (bicyclic) bond motifs is 1. The van der Waals surface area contributed by atoms with Crippen molar-refractivity contribution in [2.24, 2.45) is 0 Å². The minimum atomic E-state index is -0.379. The Morgan fingerprint density at radius 1 is 1.35 bits per heavy atom. The normalized spacial score (nSPS) is 14.7. The first-order valence-electron chi connectivity index (χ1n) is 5.32. The van der Waals surface area contributed by atoms with E-state index in [9.17, 15) is 4.39 Å². The lowest BCUT2D eigenvalue weighted by atomic mass is 10.1. The Balaban J connectivity index is 2.15. The summed E-state index contributed by atoms with van der Waals surface area (Å²) in [5, 5.41) is 7.77. The van der Waals surface area contributed by atoms with Gasteiger partial charge in [-0.25, -0.2) is 9.37 Å². The van der Waals surface area contributed by atoms with Crippen LogP contribution in [0, 0.1) is 5.82 Å². The number of rotatable bonds is 1. The molecule has 3 heterocycles. The van der Waals surface area contributed by atoms with Gasteiger partial charge in [-0.1, -0.05) is 11.6 Å². The molecule has 1 aliphatic rings. The van der Waals surface area contributed by atoms with Crippen LogP contribution in [0.1, 0.15) is 5.69 Å². The molecule has 88 valence electrons. The van der Waals surface area contributed by atoms with E-state index in [-0.39, 0.29) is 11.0 Å². The fraction of sp³-hybridized carbons (Fsp3) is 0.273. The number of nitrogens with one attached hydrogen (secondary N) is 1. The second-order valence-corrected chi connectivity index (χ2v) is 4.28. The predicted octanol–water partition coefficient (Wildman–Crippen LogP) is 1.84. The number of halogens is 2. The molecule has 17 heavy (non-hydrogen) atoms. The Kier molecular flexibility index (Phi) is 2.57. The monoisotopic (exact) mass is 252 g/mol. The van der Waals surface area contributed by atoms with E-state index >= 15 is 0 Å². The SMILES string of the molecule is Fc1cnc(Cl)cc1-c1cnn2c1CNCC2. The van der Waals surface area contributed by atoms with Crippen LogP contribution < -0.4 is 5.32 Å². The van der Waals surface area contributed by atoms with Crippen molar-refractivity contribution in [3.63, 3.8) is 0 Å². The Morgan fingerprint density at radius 2 is 2.24 bits per heavy atom. The molecule has 0 radical (unpaired) electrons. The van der Waals surface area contributed by atoms with Crippen molar-refractivity contribution >= 4 is 11.6 Å². The second-order valence-electron chi connectivity index (χ2n) is 3.89. The molecule has 0 spiro atoms. The van der Waals surface area contributed by atoms with Gasteiger partial charge in [0.15, 0.2) is 0 Å². The molecule has 0 amide bonds. The van der Waals surface area contributed by atoms with E-state index in [1.165, 1.54) is 6.07 Å². The van der Waals surface area contributed by atoms with Crippen molar-refractivity contribution in [1.29, 1.82) is 0 Å². The molecule has 3 rings (SSSR count). The third kappa shape index (κ3) is 1.81. The maximum absolute atomic E-state index is 13.7. The molecular formula is C11H10ClFN4. The summed E-state index contributed by atoms with van der Waals surface area (Å²) in [6.45, 7) is 2.37. The zero-order chi connectivity index (χ0) is 11.8. The summed E-state index contributed by atoms with van der Waals surface area (Å²) in [5.41, 5.74) is 2.21. The smallest absolute Gasteiger partial charge is 0.149 e. The van der Waals surface area contributed by atoms with Gasteiger partial charge in [-0.15, -0.1) is 0 Å². The van der Waals surface area contributed by atoms with Gasteiger partial charge in [-0.05, 0) is 6.07 Å². The molecular weight excluding hydrogens is 243 g/mol. The zero-order valence-corrected chi connectivity index (χ0v) is 9.71. The molecule has 0 atom stereocenters. The molecule has 1 N–H and O–H groups in total. The standard InChI is InChI=1S/C11H10ClFN4/c12-11-3-7(9(13)5-15-11)8-4-16-17-2-1-14-6-10(8)17/h3-5,14H,1-2,6H2. The van der Waals surface area contributed by atoms with Gasteiger partial charge in [0.1, 0.15) is 11.0 Å². The van der Waals surface area contributed by atoms with Crippen molar-refractivity contribution in [3.05, 3.63) is 35.1 Å². The third-order valence-electron chi connectivity index (χ3n) is 2.85. The van der Waals surface area contributed by atoms with Crippen molar-refractivity contribution < 1.29 is 4.39 Å². The van der Waals surface area contributed by atoms with Crippen LogP contribution in [0.25, 0.3) is 11.1 Å². The van der Waals surface area contributed by atoms with Gasteiger partial charge in [0.2, 0.25) is 0 Å². The van der Waals surface area contributed by atoms with Gasteiger partial charge in [-0.3, -0.25) is 4.68 Å². The van der Waals surface area contributed by atoms with Crippen LogP contribution in [-0.2, 0) is 13.1 Å². The molecule has 2 aromatic heterocycles. The average Bonchev–Trinajstić information content (AvgIpc) is 2.76. The molecule has 0 fully saturated rings. The Hall–Kier alpha value is -1.46. The quantitative estimate of drug-likeness (QED) is 0.788. The summed E-state index contributed by atoms with van der Waals surface area (Å²) in [6, 6.07) is 1.53. The predicted molar refractivity (Wildman–Crippen MR) is 62.1 cm³/mol. The highest BCUT2D eigenvalue weighted by Gasteiger charge is 2.18. The second kappa shape index (κ2) is 4.09. The van der Waals surface area contributed by atoms with E-state index in [0.29, 0.717) is 12.1 Å². The van der Waals surface area contributed by atoms with Gasteiger partial charge in [-0.2, -0.15) is 5.10 Å². The fourth-order valence-electron chi connectivity index (χ4n) is 2.03. The molecule has 0 saturated heterocycles. The van der Waals surface area contributed by atoms with E-state index in [1.807, 2.05) is 4.68 Å². The zero-order valence-electron chi connectivity index (χ0n) is 8.95. The van der Waals surface area contributed by atoms with Crippen LogP contribution in [0.3, 0.4) is 0 Å². The van der Waals surface area contributed by atoms with Gasteiger partial charge in [0.25, 0.3) is 0 Å². The van der Waals surface area contributed by atoms with Gasteiger partial charge in [0.05, 0.1) is 24.6 Å². The Morgan fingerprint density at radius 3 is 3.12 bits per heavy atom. The molecule has 0 saturated carbocycles. The van der Waals surface area contributed by atoms with Crippen LogP contribution in [0.5, 0.6) is 0 Å². The number of aromatic nitrogens is 3. The molecule has 6 heteroatoms. The maximum atomic E-state index is 13.7. The highest BCUT2D eigenvalue weighted by atomic mass is 35.5. The summed E-state index contributed by atoms with van der Waals surface area (Å²) in [7, 11) is 0. The highest BCUT2D eigenvalue weighted by Crippen LogP contribution is 2.28. The molecule has 2 aromatic rings. The van der Waals surface area contributed by atoms with Crippen LogP contribution in [-0.4, -0.2) is 21.3 Å². The van der Waals surface area contributed by atoms with E-state index < -0.39 is 0 Å². The molecule has 0 aliphatic carbocycles. The summed E-state index contributed by atoms with van der Waals surface area (Å²) in [4.78, 5) is 3.71. The molecule has 1 aliphatic heterocycles. The lowest BCUT2D eigenvalue weighted by molar-refractivity contribution is 0.476. The van der Waals surface area contributed by atoms with Gasteiger partial charge < -0.3 is 5.32 Å². The first-order valence-corrected chi connectivity index (χ1v) is 5.70. The molecule has 0 unspecified atom stereocenters. The van der Waals surface area contributed by atoms with Gasteiger partial charge in [0, 0.05) is 24.2 Å². The van der Waals surface area contributed by atoms with E-state index in [2.05, 4.69) is 15.4 Å². The van der Waals surface area contributed by atoms with Crippen molar-refractivity contribution in [1.82, 2.24) is 20.1 Å². The van der Waals surface area contributed by atoms with E-state index in [1.54, 1.807) is 6.20 Å². The minimum absolute atomic E-state index is 0.283. The molecule has 0 bridgehead atoms. The van der Waals surface area contributed by atoms with E-state index in [0.717, 1.165) is 30.5 Å². The first kappa shape index (κ1) is 10.7. The first-order chi connectivity index (χ1) is 8.25. The number of nitrogens with zero attached hydrogens (tertiary/aromatic N) is 3. The topological polar surface area (TPSA) is 42.7 Å². The molecule has 0 aromatic carbocycles. The minimum Gasteiger partial charge on any atom is -0.309 e. The highest BCUT2D eigenvalue weighted by molar-refractivity contribution is 6.29. The van der Waals surface area contributed by atoms with Crippen LogP contribution in [0.4, 0.5) is 4.39 Å². The summed E-state index contributed by atoms with van der Waals surface area (Å²) in [6.07, 6.45) is 2.81. The summed E-state index contributed by atoms with van der Waals surface area (Å²) < 4.78 is 15.6. The average molecular weight is 253 g/mol.